The van der Waals surface area contributed by atoms with Gasteiger partial charge in [0.2, 0.25) is 0 Å². The van der Waals surface area contributed by atoms with Crippen molar-refractivity contribution in [2.45, 2.75) is 82.1 Å². The van der Waals surface area contributed by atoms with Gasteiger partial charge < -0.3 is 21.1 Å². The van der Waals surface area contributed by atoms with E-state index in [1.807, 2.05) is 24.3 Å². The van der Waals surface area contributed by atoms with Crippen LogP contribution in [0.4, 0.5) is 0 Å². The van der Waals surface area contributed by atoms with Gasteiger partial charge in [-0.15, -0.1) is 23.2 Å². The van der Waals surface area contributed by atoms with Gasteiger partial charge in [0.05, 0.1) is 19.3 Å². The molecular formula is C31H45BCl2NaO5. The summed E-state index contributed by atoms with van der Waals surface area (Å²) in [5, 5.41) is 16.5. The molecule has 0 spiro atoms. The topological polar surface area (TPSA) is 76.0 Å². The minimum Gasteiger partial charge on any atom is -1.00 e. The monoisotopic (exact) mass is 601 g/mol. The number of carbonyl (C=O) groups excluding carboxylic acids is 1. The molecular weight excluding hydrogens is 557 g/mol. The number of ether oxygens (including phenoxy) is 2. The minimum atomic E-state index is -0.0839. The number of rotatable bonds is 10. The van der Waals surface area contributed by atoms with Crippen LogP contribution >= 0.6 is 23.2 Å². The summed E-state index contributed by atoms with van der Waals surface area (Å²) in [7, 11) is 1.00. The predicted octanol–water partition coefficient (Wildman–Crippen LogP) is 3.98. The van der Waals surface area contributed by atoms with Crippen LogP contribution < -0.4 is 39.0 Å². The van der Waals surface area contributed by atoms with Crippen LogP contribution in [0, 0.1) is 0 Å². The molecule has 2 aromatic carbocycles. The number of alkyl halides is 2. The zero-order valence-electron chi connectivity index (χ0n) is 25.2. The van der Waals surface area contributed by atoms with Gasteiger partial charge in [-0.25, -0.2) is 0 Å². The summed E-state index contributed by atoms with van der Waals surface area (Å²) in [6.07, 6.45) is 9.16. The Bertz CT molecular complexity index is 890. The number of benzene rings is 2. The van der Waals surface area contributed by atoms with Crippen molar-refractivity contribution < 1.29 is 55.5 Å². The summed E-state index contributed by atoms with van der Waals surface area (Å²) in [6, 6.07) is 16.6. The van der Waals surface area contributed by atoms with Crippen molar-refractivity contribution in [1.82, 2.24) is 0 Å². The molecule has 0 atom stereocenters. The third-order valence-corrected chi connectivity index (χ3v) is 7.57. The SMILES string of the molecule is CO.O=C1CCC(c2ccc(OCCCCl)cc2)CC1.OC1CCC(c2ccc(OCCCCl)cc2)CC1.[B].[H-].[Na+]. The number of hydrogen-bond acceptors (Lipinski definition) is 5. The third kappa shape index (κ3) is 15.0. The van der Waals surface area contributed by atoms with Crippen LogP contribution in [-0.2, 0) is 4.79 Å². The fourth-order valence-corrected chi connectivity index (χ4v) is 5.06. The number of aliphatic hydroxyl groups excluding tert-OH is 2. The van der Waals surface area contributed by atoms with Gasteiger partial charge in [0.1, 0.15) is 17.3 Å². The first-order chi connectivity index (χ1) is 18.6. The Morgan fingerprint density at radius 3 is 1.48 bits per heavy atom. The van der Waals surface area contributed by atoms with E-state index < -0.39 is 0 Å². The van der Waals surface area contributed by atoms with Crippen molar-refractivity contribution in [3.8, 4) is 11.5 Å². The molecule has 2 saturated carbocycles. The minimum absolute atomic E-state index is 0. The molecule has 9 heteroatoms. The maximum atomic E-state index is 11.2. The van der Waals surface area contributed by atoms with Crippen LogP contribution in [0.1, 0.15) is 88.6 Å². The fraction of sp³-hybridized carbons (Fsp3) is 0.581. The molecule has 0 unspecified atom stereocenters. The molecule has 0 aromatic heterocycles. The number of ketones is 1. The normalized spacial score (nSPS) is 18.5. The Hall–Kier alpha value is -0.725. The summed E-state index contributed by atoms with van der Waals surface area (Å²) in [4.78, 5) is 11.2. The summed E-state index contributed by atoms with van der Waals surface area (Å²) in [6.45, 7) is 1.35. The van der Waals surface area contributed by atoms with Crippen LogP contribution in [0.5, 0.6) is 11.5 Å². The second-order valence-electron chi connectivity index (χ2n) is 9.74. The summed E-state index contributed by atoms with van der Waals surface area (Å²) in [5.41, 5.74) is 2.69. The van der Waals surface area contributed by atoms with Crippen molar-refractivity contribution >= 4 is 37.4 Å². The number of hydrogen-bond donors (Lipinski definition) is 2. The Kier molecular flexibility index (Phi) is 23.4. The molecule has 2 fully saturated rings. The molecule has 0 heterocycles. The van der Waals surface area contributed by atoms with Gasteiger partial charge in [-0.3, -0.25) is 4.79 Å². The smallest absolute Gasteiger partial charge is 1.00 e. The average Bonchev–Trinajstić information content (AvgIpc) is 2.96. The molecule has 0 aliphatic heterocycles. The molecule has 40 heavy (non-hydrogen) atoms. The standard InChI is InChI=1S/C15H21ClO2.C15H19ClO2.CH4O.B.Na.H/c2*16-10-1-11-18-15-8-4-13(5-9-15)12-2-6-14(17)7-3-12;1-2;;;/h4-5,8-9,12,14,17H,1-3,6-7,10-11H2;4-5,8-9,12H,1-3,6-7,10-11H2;2H,1H3;;;/q;;;;+1;-1. The van der Waals surface area contributed by atoms with Crippen molar-refractivity contribution in [2.75, 3.05) is 32.1 Å². The first-order valence-electron chi connectivity index (χ1n) is 13.8. The maximum Gasteiger partial charge on any atom is 1.00 e. The van der Waals surface area contributed by atoms with Crippen LogP contribution in [0.25, 0.3) is 0 Å². The molecule has 2 N–H and O–H groups in total. The molecule has 2 aromatic rings. The Morgan fingerprint density at radius 2 is 1.10 bits per heavy atom. The summed E-state index contributed by atoms with van der Waals surface area (Å²) >= 11 is 11.2. The van der Waals surface area contributed by atoms with E-state index >= 15 is 0 Å². The number of Topliss-reactive ketones (excluding diaryl/α,β-unsaturated/α-hetero) is 1. The van der Waals surface area contributed by atoms with Gasteiger partial charge in [0.25, 0.3) is 0 Å². The van der Waals surface area contributed by atoms with E-state index in [2.05, 4.69) is 24.3 Å². The van der Waals surface area contributed by atoms with Gasteiger partial charge in [0.15, 0.2) is 0 Å². The Labute approximate surface area is 276 Å². The van der Waals surface area contributed by atoms with E-state index in [0.717, 1.165) is 82.8 Å². The van der Waals surface area contributed by atoms with Gasteiger partial charge in [-0.2, -0.15) is 0 Å². The third-order valence-electron chi connectivity index (χ3n) is 7.04. The number of halogens is 2. The summed E-state index contributed by atoms with van der Waals surface area (Å²) in [5.74, 6) is 4.64. The van der Waals surface area contributed by atoms with Crippen LogP contribution in [0.15, 0.2) is 48.5 Å². The Balaban J connectivity index is 0. The van der Waals surface area contributed by atoms with Crippen molar-refractivity contribution in [3.63, 3.8) is 0 Å². The van der Waals surface area contributed by atoms with E-state index in [1.54, 1.807) is 0 Å². The van der Waals surface area contributed by atoms with Crippen LogP contribution in [0.3, 0.4) is 0 Å². The van der Waals surface area contributed by atoms with Crippen molar-refractivity contribution in [2.24, 2.45) is 0 Å². The molecule has 0 saturated heterocycles. The largest absolute Gasteiger partial charge is 1.00 e. The van der Waals surface area contributed by atoms with Gasteiger partial charge in [-0.05, 0) is 98.6 Å². The molecule has 2 aliphatic rings. The molecule has 0 amide bonds. The van der Waals surface area contributed by atoms with E-state index in [1.165, 1.54) is 11.1 Å². The number of aliphatic hydroxyl groups is 2. The molecule has 5 nitrogen and oxygen atoms in total. The molecule has 0 bridgehead atoms. The first kappa shape index (κ1) is 39.3. The van der Waals surface area contributed by atoms with E-state index in [9.17, 15) is 9.90 Å². The zero-order valence-corrected chi connectivity index (χ0v) is 27.7. The molecule has 3 radical (unpaired) electrons. The quantitative estimate of drug-likeness (QED) is 0.245. The Morgan fingerprint density at radius 1 is 0.725 bits per heavy atom. The number of carbonyl (C=O) groups is 1. The van der Waals surface area contributed by atoms with E-state index in [0.29, 0.717) is 42.6 Å². The van der Waals surface area contributed by atoms with Crippen molar-refractivity contribution in [3.05, 3.63) is 59.7 Å². The predicted molar refractivity (Wildman–Crippen MR) is 163 cm³/mol. The first-order valence-corrected chi connectivity index (χ1v) is 14.9. The van der Waals surface area contributed by atoms with E-state index in [-0.39, 0.29) is 45.5 Å². The molecule has 4 rings (SSSR count). The van der Waals surface area contributed by atoms with Gasteiger partial charge >= 0.3 is 29.6 Å². The van der Waals surface area contributed by atoms with E-state index in [4.69, 9.17) is 37.8 Å². The zero-order chi connectivity index (χ0) is 27.6. The maximum absolute atomic E-state index is 11.2. The van der Waals surface area contributed by atoms with Crippen molar-refractivity contribution in [1.29, 1.82) is 0 Å². The van der Waals surface area contributed by atoms with Crippen LogP contribution in [-0.4, -0.2) is 62.6 Å². The fourth-order valence-electron chi connectivity index (χ4n) is 4.84. The van der Waals surface area contributed by atoms with Gasteiger partial charge in [0, 0.05) is 40.1 Å². The van der Waals surface area contributed by atoms with Gasteiger partial charge in [-0.1, -0.05) is 24.3 Å². The molecule has 217 valence electrons. The second kappa shape index (κ2) is 23.8. The average molecular weight is 602 g/mol. The second-order valence-corrected chi connectivity index (χ2v) is 10.5. The molecule has 2 aliphatic carbocycles. The van der Waals surface area contributed by atoms with Crippen LogP contribution in [0.2, 0.25) is 0 Å². The summed E-state index contributed by atoms with van der Waals surface area (Å²) < 4.78 is 11.1.